The number of methoxy groups -OCH3 is 3. The first-order valence-electron chi connectivity index (χ1n) is 8.17. The van der Waals surface area contributed by atoms with Crippen LogP contribution >= 0.6 is 0 Å². The molecule has 0 aliphatic heterocycles. The standard InChI is InChI=1S/C20H22N2O5/c1-25-16-8-4-15(5-9-16)13-20(24)22-21-19(23)11-7-14-6-10-17(26-2)18(12-14)27-3/h4-12H,13H2,1-3H3,(H,21,23)(H,22,24)/b11-7+. The summed E-state index contributed by atoms with van der Waals surface area (Å²) in [5.74, 6) is 1.10. The highest BCUT2D eigenvalue weighted by molar-refractivity contribution is 5.93. The summed E-state index contributed by atoms with van der Waals surface area (Å²) in [4.78, 5) is 23.7. The molecule has 0 bridgehead atoms. The Morgan fingerprint density at radius 1 is 0.889 bits per heavy atom. The fraction of sp³-hybridized carbons (Fsp3) is 0.200. The Labute approximate surface area is 157 Å². The van der Waals surface area contributed by atoms with Crippen LogP contribution in [0.5, 0.6) is 17.2 Å². The average molecular weight is 370 g/mol. The van der Waals surface area contributed by atoms with Gasteiger partial charge in [0.25, 0.3) is 5.91 Å². The fourth-order valence-electron chi connectivity index (χ4n) is 2.27. The van der Waals surface area contributed by atoms with Crippen LogP contribution in [0.25, 0.3) is 6.08 Å². The number of benzene rings is 2. The zero-order chi connectivity index (χ0) is 19.6. The van der Waals surface area contributed by atoms with Crippen LogP contribution in [0.3, 0.4) is 0 Å². The topological polar surface area (TPSA) is 85.9 Å². The number of hydrogen-bond acceptors (Lipinski definition) is 5. The van der Waals surface area contributed by atoms with Gasteiger partial charge in [-0.15, -0.1) is 0 Å². The molecule has 0 aliphatic rings. The summed E-state index contributed by atoms with van der Waals surface area (Å²) in [7, 11) is 4.67. The van der Waals surface area contributed by atoms with E-state index in [1.54, 1.807) is 62.8 Å². The molecule has 2 amide bonds. The number of hydrogen-bond donors (Lipinski definition) is 2. The molecule has 0 spiro atoms. The van der Waals surface area contributed by atoms with Crippen molar-refractivity contribution in [2.24, 2.45) is 0 Å². The summed E-state index contributed by atoms with van der Waals surface area (Å²) >= 11 is 0. The molecule has 7 nitrogen and oxygen atoms in total. The Balaban J connectivity index is 1.84. The van der Waals surface area contributed by atoms with Gasteiger partial charge in [0.15, 0.2) is 11.5 Å². The maximum atomic E-state index is 11.9. The molecule has 2 N–H and O–H groups in total. The quantitative estimate of drug-likeness (QED) is 0.576. The van der Waals surface area contributed by atoms with Crippen LogP contribution in [-0.2, 0) is 16.0 Å². The Morgan fingerprint density at radius 2 is 1.59 bits per heavy atom. The molecule has 0 aromatic heterocycles. The van der Waals surface area contributed by atoms with Gasteiger partial charge in [0, 0.05) is 6.08 Å². The number of carbonyl (C=O) groups excluding carboxylic acids is 2. The van der Waals surface area contributed by atoms with Gasteiger partial charge < -0.3 is 14.2 Å². The van der Waals surface area contributed by atoms with Crippen molar-refractivity contribution >= 4 is 17.9 Å². The van der Waals surface area contributed by atoms with Crippen molar-refractivity contribution in [2.75, 3.05) is 21.3 Å². The van der Waals surface area contributed by atoms with E-state index in [9.17, 15) is 9.59 Å². The summed E-state index contributed by atoms with van der Waals surface area (Å²) in [5, 5.41) is 0. The number of ether oxygens (including phenoxy) is 3. The van der Waals surface area contributed by atoms with E-state index in [0.29, 0.717) is 17.2 Å². The van der Waals surface area contributed by atoms with Crippen molar-refractivity contribution in [2.45, 2.75) is 6.42 Å². The van der Waals surface area contributed by atoms with Crippen molar-refractivity contribution in [1.82, 2.24) is 10.9 Å². The minimum Gasteiger partial charge on any atom is -0.497 e. The van der Waals surface area contributed by atoms with Crippen molar-refractivity contribution in [3.63, 3.8) is 0 Å². The number of carbonyl (C=O) groups is 2. The molecule has 2 rings (SSSR count). The summed E-state index contributed by atoms with van der Waals surface area (Å²) in [6.07, 6.45) is 3.06. The van der Waals surface area contributed by atoms with Crippen molar-refractivity contribution in [1.29, 1.82) is 0 Å². The zero-order valence-corrected chi connectivity index (χ0v) is 15.4. The Kier molecular flexibility index (Phi) is 7.25. The van der Waals surface area contributed by atoms with Gasteiger partial charge in [-0.3, -0.25) is 20.4 Å². The smallest absolute Gasteiger partial charge is 0.262 e. The van der Waals surface area contributed by atoms with Crippen LogP contribution in [0, 0.1) is 0 Å². The van der Waals surface area contributed by atoms with E-state index < -0.39 is 5.91 Å². The van der Waals surface area contributed by atoms with E-state index in [-0.39, 0.29) is 12.3 Å². The van der Waals surface area contributed by atoms with Gasteiger partial charge in [-0.05, 0) is 41.5 Å². The minimum atomic E-state index is -0.451. The normalized spacial score (nSPS) is 10.3. The molecular formula is C20H22N2O5. The van der Waals surface area contributed by atoms with Crippen LogP contribution in [0.15, 0.2) is 48.5 Å². The van der Waals surface area contributed by atoms with Crippen LogP contribution < -0.4 is 25.1 Å². The third-order valence-corrected chi connectivity index (χ3v) is 3.68. The maximum Gasteiger partial charge on any atom is 0.262 e. The molecule has 2 aromatic rings. The van der Waals surface area contributed by atoms with Crippen LogP contribution in [-0.4, -0.2) is 33.1 Å². The SMILES string of the molecule is COc1ccc(CC(=O)NNC(=O)/C=C/c2ccc(OC)c(OC)c2)cc1. The molecule has 142 valence electrons. The van der Waals surface area contributed by atoms with E-state index in [0.717, 1.165) is 11.1 Å². The van der Waals surface area contributed by atoms with Gasteiger partial charge in [-0.2, -0.15) is 0 Å². The first-order valence-corrected chi connectivity index (χ1v) is 8.17. The summed E-state index contributed by atoms with van der Waals surface area (Å²) in [5.41, 5.74) is 6.28. The van der Waals surface area contributed by atoms with Crippen molar-refractivity contribution in [3.8, 4) is 17.2 Å². The molecular weight excluding hydrogens is 348 g/mol. The van der Waals surface area contributed by atoms with Gasteiger partial charge in [-0.1, -0.05) is 18.2 Å². The van der Waals surface area contributed by atoms with E-state index in [4.69, 9.17) is 14.2 Å². The van der Waals surface area contributed by atoms with E-state index in [1.807, 2.05) is 0 Å². The van der Waals surface area contributed by atoms with Gasteiger partial charge in [-0.25, -0.2) is 0 Å². The highest BCUT2D eigenvalue weighted by Gasteiger charge is 2.06. The minimum absolute atomic E-state index is 0.143. The molecule has 0 radical (unpaired) electrons. The van der Waals surface area contributed by atoms with Gasteiger partial charge >= 0.3 is 0 Å². The lowest BCUT2D eigenvalue weighted by molar-refractivity contribution is -0.126. The van der Waals surface area contributed by atoms with Crippen molar-refractivity contribution in [3.05, 3.63) is 59.7 Å². The number of nitrogens with one attached hydrogen (secondary N) is 2. The lowest BCUT2D eigenvalue weighted by Gasteiger charge is -2.08. The Hall–Kier alpha value is -3.48. The number of rotatable bonds is 7. The average Bonchev–Trinajstić information content (AvgIpc) is 2.71. The monoisotopic (exact) mass is 370 g/mol. The molecule has 27 heavy (non-hydrogen) atoms. The second-order valence-electron chi connectivity index (χ2n) is 5.51. The molecule has 0 unspecified atom stereocenters. The highest BCUT2D eigenvalue weighted by atomic mass is 16.5. The van der Waals surface area contributed by atoms with Gasteiger partial charge in [0.1, 0.15) is 5.75 Å². The van der Waals surface area contributed by atoms with Gasteiger partial charge in [0.2, 0.25) is 5.91 Å². The Bertz CT molecular complexity index is 816. The second kappa shape index (κ2) is 9.86. The summed E-state index contributed by atoms with van der Waals surface area (Å²) in [6, 6.07) is 12.4. The number of amides is 2. The third kappa shape index (κ3) is 6.07. The molecule has 2 aromatic carbocycles. The zero-order valence-electron chi connectivity index (χ0n) is 15.4. The van der Waals surface area contributed by atoms with E-state index in [1.165, 1.54) is 13.2 Å². The summed E-state index contributed by atoms with van der Waals surface area (Å²) in [6.45, 7) is 0. The van der Waals surface area contributed by atoms with E-state index in [2.05, 4.69) is 10.9 Å². The fourth-order valence-corrected chi connectivity index (χ4v) is 2.27. The molecule has 7 heteroatoms. The maximum absolute atomic E-state index is 11.9. The molecule has 0 fully saturated rings. The lowest BCUT2D eigenvalue weighted by atomic mass is 10.1. The van der Waals surface area contributed by atoms with Crippen LogP contribution in [0.4, 0.5) is 0 Å². The predicted molar refractivity (Wildman–Crippen MR) is 102 cm³/mol. The first kappa shape index (κ1) is 19.8. The molecule has 0 saturated heterocycles. The molecule has 0 aliphatic carbocycles. The molecule has 0 heterocycles. The second-order valence-corrected chi connectivity index (χ2v) is 5.51. The predicted octanol–water partition coefficient (Wildman–Crippen LogP) is 2.12. The van der Waals surface area contributed by atoms with Gasteiger partial charge in [0.05, 0.1) is 27.8 Å². The molecule has 0 atom stereocenters. The third-order valence-electron chi connectivity index (χ3n) is 3.68. The molecule has 0 saturated carbocycles. The lowest BCUT2D eigenvalue weighted by Crippen LogP contribution is -2.41. The van der Waals surface area contributed by atoms with Crippen molar-refractivity contribution < 1.29 is 23.8 Å². The highest BCUT2D eigenvalue weighted by Crippen LogP contribution is 2.27. The largest absolute Gasteiger partial charge is 0.497 e. The first-order chi connectivity index (χ1) is 13.0. The van der Waals surface area contributed by atoms with Crippen LogP contribution in [0.1, 0.15) is 11.1 Å². The summed E-state index contributed by atoms with van der Waals surface area (Å²) < 4.78 is 15.4. The van der Waals surface area contributed by atoms with E-state index >= 15 is 0 Å². The van der Waals surface area contributed by atoms with Crippen LogP contribution in [0.2, 0.25) is 0 Å². The number of hydrazine groups is 1. The Morgan fingerprint density at radius 3 is 2.22 bits per heavy atom.